The number of rotatable bonds is 4. The Morgan fingerprint density at radius 1 is 1.40 bits per heavy atom. The van der Waals surface area contributed by atoms with Gasteiger partial charge in [0.05, 0.1) is 6.61 Å². The molecule has 2 nitrogen and oxygen atoms in total. The maximum Gasteiger partial charge on any atom is 0.0510 e. The Balaban J connectivity index is 1.90. The second-order valence-electron chi connectivity index (χ2n) is 4.61. The summed E-state index contributed by atoms with van der Waals surface area (Å²) in [5, 5.41) is 4.53. The van der Waals surface area contributed by atoms with Crippen LogP contribution in [0.1, 0.15) is 32.6 Å². The Kier molecular flexibility index (Phi) is 4.79. The summed E-state index contributed by atoms with van der Waals surface area (Å²) in [5.41, 5.74) is 0. The number of thioether (sulfide) groups is 1. The maximum atomic E-state index is 5.53. The molecule has 0 bridgehead atoms. The van der Waals surface area contributed by atoms with E-state index in [9.17, 15) is 0 Å². The van der Waals surface area contributed by atoms with Gasteiger partial charge in [-0.15, -0.1) is 0 Å². The van der Waals surface area contributed by atoms with Gasteiger partial charge in [-0.1, -0.05) is 13.3 Å². The Labute approximate surface area is 97.5 Å². The molecule has 0 aliphatic carbocycles. The smallest absolute Gasteiger partial charge is 0.0510 e. The molecule has 0 spiro atoms. The average Bonchev–Trinajstić information content (AvgIpc) is 2.80. The lowest BCUT2D eigenvalue weighted by molar-refractivity contribution is 0.175. The lowest BCUT2D eigenvalue weighted by Crippen LogP contribution is -2.45. The quantitative estimate of drug-likeness (QED) is 0.799. The van der Waals surface area contributed by atoms with Crippen LogP contribution in [0.5, 0.6) is 0 Å². The van der Waals surface area contributed by atoms with Gasteiger partial charge in [0.25, 0.3) is 0 Å². The summed E-state index contributed by atoms with van der Waals surface area (Å²) in [6, 6.07) is 0.697. The fourth-order valence-corrected chi connectivity index (χ4v) is 4.25. The minimum atomic E-state index is 0.697. The van der Waals surface area contributed by atoms with E-state index in [1.165, 1.54) is 31.4 Å². The van der Waals surface area contributed by atoms with Gasteiger partial charge in [-0.3, -0.25) is 0 Å². The second kappa shape index (κ2) is 6.12. The van der Waals surface area contributed by atoms with Crippen molar-refractivity contribution in [1.29, 1.82) is 0 Å². The molecule has 15 heavy (non-hydrogen) atoms. The summed E-state index contributed by atoms with van der Waals surface area (Å²) in [7, 11) is 0. The predicted octanol–water partition coefficient (Wildman–Crippen LogP) is 2.29. The summed E-state index contributed by atoms with van der Waals surface area (Å²) in [4.78, 5) is 0. The minimum Gasteiger partial charge on any atom is -0.381 e. The molecule has 2 aliphatic heterocycles. The van der Waals surface area contributed by atoms with E-state index in [0.717, 1.165) is 30.9 Å². The molecule has 0 amide bonds. The van der Waals surface area contributed by atoms with Crippen LogP contribution in [0.15, 0.2) is 0 Å². The lowest BCUT2D eigenvalue weighted by atomic mass is 9.93. The second-order valence-corrected chi connectivity index (χ2v) is 5.96. The summed E-state index contributed by atoms with van der Waals surface area (Å²) < 4.78 is 5.53. The van der Waals surface area contributed by atoms with E-state index >= 15 is 0 Å². The zero-order chi connectivity index (χ0) is 10.5. The zero-order valence-electron chi connectivity index (χ0n) is 9.71. The first kappa shape index (κ1) is 11.7. The van der Waals surface area contributed by atoms with Gasteiger partial charge in [-0.05, 0) is 31.6 Å². The van der Waals surface area contributed by atoms with E-state index in [1.807, 2.05) is 0 Å². The van der Waals surface area contributed by atoms with Gasteiger partial charge in [0, 0.05) is 23.8 Å². The van der Waals surface area contributed by atoms with Gasteiger partial charge < -0.3 is 10.1 Å². The fraction of sp³-hybridized carbons (Fsp3) is 1.00. The van der Waals surface area contributed by atoms with Gasteiger partial charge in [0.1, 0.15) is 0 Å². The summed E-state index contributed by atoms with van der Waals surface area (Å²) in [5.74, 6) is 2.13. The molecule has 0 saturated carbocycles. The third-order valence-electron chi connectivity index (χ3n) is 3.53. The largest absolute Gasteiger partial charge is 0.381 e. The highest BCUT2D eigenvalue weighted by atomic mass is 32.2. The van der Waals surface area contributed by atoms with Crippen molar-refractivity contribution in [3.8, 4) is 0 Å². The van der Waals surface area contributed by atoms with Crippen molar-refractivity contribution in [3.05, 3.63) is 0 Å². The van der Waals surface area contributed by atoms with Gasteiger partial charge in [-0.2, -0.15) is 11.8 Å². The number of hydrogen-bond donors (Lipinski definition) is 1. The monoisotopic (exact) mass is 229 g/mol. The molecule has 3 atom stereocenters. The number of ether oxygens (including phenoxy) is 1. The first-order valence-electron chi connectivity index (χ1n) is 6.34. The van der Waals surface area contributed by atoms with E-state index in [0.29, 0.717) is 6.04 Å². The highest BCUT2D eigenvalue weighted by Crippen LogP contribution is 2.32. The van der Waals surface area contributed by atoms with E-state index in [1.54, 1.807) is 0 Å². The van der Waals surface area contributed by atoms with Crippen LogP contribution in [-0.2, 0) is 4.74 Å². The molecule has 2 fully saturated rings. The SMILES string of the molecule is CCNC(C1CCOC1)C1CCCCS1. The molecular weight excluding hydrogens is 206 g/mol. The molecule has 2 heterocycles. The summed E-state index contributed by atoms with van der Waals surface area (Å²) in [6.45, 7) is 5.27. The van der Waals surface area contributed by atoms with Crippen molar-refractivity contribution in [1.82, 2.24) is 5.32 Å². The fourth-order valence-electron chi connectivity index (χ4n) is 2.72. The molecule has 1 N–H and O–H groups in total. The lowest BCUT2D eigenvalue weighted by Gasteiger charge is -2.33. The van der Waals surface area contributed by atoms with Crippen LogP contribution in [0.2, 0.25) is 0 Å². The van der Waals surface area contributed by atoms with Gasteiger partial charge >= 0.3 is 0 Å². The predicted molar refractivity (Wildman–Crippen MR) is 66.5 cm³/mol. The van der Waals surface area contributed by atoms with Gasteiger partial charge in [0.2, 0.25) is 0 Å². The van der Waals surface area contributed by atoms with Crippen LogP contribution in [0.3, 0.4) is 0 Å². The molecular formula is C12H23NOS. The van der Waals surface area contributed by atoms with Crippen molar-refractivity contribution < 1.29 is 4.74 Å². The molecule has 2 rings (SSSR count). The third-order valence-corrected chi connectivity index (χ3v) is 5.01. The molecule has 88 valence electrons. The van der Waals surface area contributed by atoms with E-state index in [-0.39, 0.29) is 0 Å². The van der Waals surface area contributed by atoms with Gasteiger partial charge in [0.15, 0.2) is 0 Å². The van der Waals surface area contributed by atoms with Gasteiger partial charge in [-0.25, -0.2) is 0 Å². The Morgan fingerprint density at radius 3 is 2.93 bits per heavy atom. The van der Waals surface area contributed by atoms with Crippen molar-refractivity contribution in [2.45, 2.75) is 43.9 Å². The molecule has 0 radical (unpaired) electrons. The number of nitrogens with one attached hydrogen (secondary N) is 1. The molecule has 0 aromatic carbocycles. The maximum absolute atomic E-state index is 5.53. The molecule has 3 heteroatoms. The first-order valence-corrected chi connectivity index (χ1v) is 7.39. The molecule has 2 saturated heterocycles. The van der Waals surface area contributed by atoms with Crippen LogP contribution in [0.4, 0.5) is 0 Å². The molecule has 2 aliphatic rings. The van der Waals surface area contributed by atoms with E-state index in [4.69, 9.17) is 4.74 Å². The van der Waals surface area contributed by atoms with E-state index in [2.05, 4.69) is 24.0 Å². The Morgan fingerprint density at radius 2 is 2.33 bits per heavy atom. The number of hydrogen-bond acceptors (Lipinski definition) is 3. The zero-order valence-corrected chi connectivity index (χ0v) is 10.5. The highest BCUT2D eigenvalue weighted by Gasteiger charge is 2.32. The van der Waals surface area contributed by atoms with Crippen molar-refractivity contribution in [2.24, 2.45) is 5.92 Å². The average molecular weight is 229 g/mol. The van der Waals surface area contributed by atoms with Crippen molar-refractivity contribution in [3.63, 3.8) is 0 Å². The van der Waals surface area contributed by atoms with Crippen LogP contribution >= 0.6 is 11.8 Å². The normalized spacial score (nSPS) is 34.2. The third kappa shape index (κ3) is 3.11. The molecule has 0 aromatic heterocycles. The minimum absolute atomic E-state index is 0.697. The highest BCUT2D eigenvalue weighted by molar-refractivity contribution is 8.00. The summed E-state index contributed by atoms with van der Waals surface area (Å²) in [6.07, 6.45) is 5.50. The standard InChI is InChI=1S/C12H23NOS/c1-2-13-12(10-6-7-14-9-10)11-5-3-4-8-15-11/h10-13H,2-9H2,1H3. The van der Waals surface area contributed by atoms with E-state index < -0.39 is 0 Å². The van der Waals surface area contributed by atoms with Crippen molar-refractivity contribution >= 4 is 11.8 Å². The van der Waals surface area contributed by atoms with Crippen LogP contribution in [-0.4, -0.2) is 36.8 Å². The van der Waals surface area contributed by atoms with Crippen LogP contribution < -0.4 is 5.32 Å². The van der Waals surface area contributed by atoms with Crippen LogP contribution in [0, 0.1) is 5.92 Å². The first-order chi connectivity index (χ1) is 7.42. The molecule has 3 unspecified atom stereocenters. The Hall–Kier alpha value is 0.270. The summed E-state index contributed by atoms with van der Waals surface area (Å²) >= 11 is 2.18. The topological polar surface area (TPSA) is 21.3 Å². The van der Waals surface area contributed by atoms with Crippen LogP contribution in [0.25, 0.3) is 0 Å². The molecule has 0 aromatic rings. The Bertz CT molecular complexity index is 176. The van der Waals surface area contributed by atoms with Crippen molar-refractivity contribution in [2.75, 3.05) is 25.5 Å².